The summed E-state index contributed by atoms with van der Waals surface area (Å²) in [6, 6.07) is 13.7. The van der Waals surface area contributed by atoms with Crippen molar-refractivity contribution in [2.45, 2.75) is 26.8 Å². The second-order valence-electron chi connectivity index (χ2n) is 5.74. The van der Waals surface area contributed by atoms with E-state index < -0.39 is 0 Å². The van der Waals surface area contributed by atoms with Gasteiger partial charge in [-0.15, -0.1) is 0 Å². The van der Waals surface area contributed by atoms with E-state index in [2.05, 4.69) is 16.0 Å². The molecule has 0 aromatic heterocycles. The molecule has 0 heterocycles. The highest BCUT2D eigenvalue weighted by atomic mass is 16.5. The van der Waals surface area contributed by atoms with Gasteiger partial charge in [0.25, 0.3) is 5.91 Å². The molecule has 2 aromatic carbocycles. The van der Waals surface area contributed by atoms with Crippen LogP contribution in [-0.2, 0) is 0 Å². The normalized spacial score (nSPS) is 10.2. The van der Waals surface area contributed by atoms with Crippen LogP contribution in [0.4, 0.5) is 16.2 Å². The molecule has 25 heavy (non-hydrogen) atoms. The minimum absolute atomic E-state index is 0.0627. The van der Waals surface area contributed by atoms with Gasteiger partial charge in [0, 0.05) is 23.0 Å². The standard InChI is InChI=1S/C19H23N3O3/c1-4-25-17-11-5-14(6-12-17)18(23)21-15-7-9-16(10-8-15)22-19(24)20-13(2)3/h5-13H,4H2,1-3H3,(H,21,23)(H2,20,22,24). The Morgan fingerprint density at radius 3 is 2.00 bits per heavy atom. The second kappa shape index (κ2) is 8.73. The number of ether oxygens (including phenoxy) is 1. The van der Waals surface area contributed by atoms with Gasteiger partial charge in [-0.05, 0) is 69.3 Å². The molecule has 0 aliphatic heterocycles. The number of hydrogen-bond donors (Lipinski definition) is 3. The molecular formula is C19H23N3O3. The Hall–Kier alpha value is -3.02. The first-order valence-corrected chi connectivity index (χ1v) is 8.19. The molecule has 2 rings (SSSR count). The monoisotopic (exact) mass is 341 g/mol. The van der Waals surface area contributed by atoms with E-state index in [4.69, 9.17) is 4.74 Å². The smallest absolute Gasteiger partial charge is 0.319 e. The van der Waals surface area contributed by atoms with E-state index in [9.17, 15) is 9.59 Å². The number of rotatable bonds is 6. The maximum Gasteiger partial charge on any atom is 0.319 e. The highest BCUT2D eigenvalue weighted by molar-refractivity contribution is 6.04. The van der Waals surface area contributed by atoms with Gasteiger partial charge in [0.1, 0.15) is 5.75 Å². The fourth-order valence-electron chi connectivity index (χ4n) is 2.14. The van der Waals surface area contributed by atoms with Gasteiger partial charge in [0.15, 0.2) is 0 Å². The van der Waals surface area contributed by atoms with Crippen LogP contribution in [0.15, 0.2) is 48.5 Å². The van der Waals surface area contributed by atoms with Gasteiger partial charge in [0.05, 0.1) is 6.61 Å². The van der Waals surface area contributed by atoms with Crippen molar-refractivity contribution in [3.8, 4) is 5.75 Å². The zero-order valence-electron chi connectivity index (χ0n) is 14.6. The van der Waals surface area contributed by atoms with Crippen LogP contribution in [0.3, 0.4) is 0 Å². The van der Waals surface area contributed by atoms with Gasteiger partial charge in [0.2, 0.25) is 0 Å². The van der Waals surface area contributed by atoms with Gasteiger partial charge in [-0.2, -0.15) is 0 Å². The maximum atomic E-state index is 12.2. The first kappa shape index (κ1) is 18.3. The lowest BCUT2D eigenvalue weighted by Crippen LogP contribution is -2.34. The summed E-state index contributed by atoms with van der Waals surface area (Å²) in [5.41, 5.74) is 1.84. The summed E-state index contributed by atoms with van der Waals surface area (Å²) in [5.74, 6) is 0.524. The van der Waals surface area contributed by atoms with Gasteiger partial charge >= 0.3 is 6.03 Å². The predicted molar refractivity (Wildman–Crippen MR) is 99.3 cm³/mol. The molecule has 0 spiro atoms. The molecule has 0 unspecified atom stereocenters. The minimum atomic E-state index is -0.263. The number of carbonyl (C=O) groups excluding carboxylic acids is 2. The lowest BCUT2D eigenvalue weighted by atomic mass is 10.2. The van der Waals surface area contributed by atoms with E-state index in [-0.39, 0.29) is 18.0 Å². The molecule has 0 radical (unpaired) electrons. The molecule has 6 nitrogen and oxygen atoms in total. The Morgan fingerprint density at radius 2 is 1.48 bits per heavy atom. The summed E-state index contributed by atoms with van der Waals surface area (Å²) < 4.78 is 5.36. The Balaban J connectivity index is 1.93. The van der Waals surface area contributed by atoms with Crippen LogP contribution in [0.5, 0.6) is 5.75 Å². The predicted octanol–water partition coefficient (Wildman–Crippen LogP) is 3.87. The van der Waals surface area contributed by atoms with E-state index in [1.54, 1.807) is 48.5 Å². The van der Waals surface area contributed by atoms with E-state index in [1.165, 1.54) is 0 Å². The molecule has 0 saturated carbocycles. The van der Waals surface area contributed by atoms with Crippen LogP contribution < -0.4 is 20.7 Å². The molecule has 0 aliphatic rings. The zero-order valence-corrected chi connectivity index (χ0v) is 14.6. The summed E-state index contributed by atoms with van der Waals surface area (Å²) in [6.45, 7) is 6.27. The fraction of sp³-hybridized carbons (Fsp3) is 0.263. The van der Waals surface area contributed by atoms with Gasteiger partial charge < -0.3 is 20.7 Å². The molecule has 132 valence electrons. The van der Waals surface area contributed by atoms with Gasteiger partial charge in [-0.1, -0.05) is 0 Å². The first-order valence-electron chi connectivity index (χ1n) is 8.19. The molecule has 6 heteroatoms. The largest absolute Gasteiger partial charge is 0.494 e. The number of urea groups is 1. The van der Waals surface area contributed by atoms with Crippen LogP contribution in [0.25, 0.3) is 0 Å². The lowest BCUT2D eigenvalue weighted by molar-refractivity contribution is 0.102. The van der Waals surface area contributed by atoms with Crippen molar-refractivity contribution in [3.63, 3.8) is 0 Å². The summed E-state index contributed by atoms with van der Waals surface area (Å²) in [7, 11) is 0. The Bertz CT molecular complexity index is 710. The van der Waals surface area contributed by atoms with Crippen LogP contribution in [0.2, 0.25) is 0 Å². The Morgan fingerprint density at radius 1 is 0.920 bits per heavy atom. The molecular weight excluding hydrogens is 318 g/mol. The molecule has 0 fully saturated rings. The molecule has 3 N–H and O–H groups in total. The van der Waals surface area contributed by atoms with Crippen LogP contribution in [-0.4, -0.2) is 24.6 Å². The fourth-order valence-corrected chi connectivity index (χ4v) is 2.14. The summed E-state index contributed by atoms with van der Waals surface area (Å²) >= 11 is 0. The van der Waals surface area contributed by atoms with Crippen molar-refractivity contribution < 1.29 is 14.3 Å². The number of hydrogen-bond acceptors (Lipinski definition) is 3. The molecule has 0 bridgehead atoms. The first-order chi connectivity index (χ1) is 12.0. The molecule has 0 aliphatic carbocycles. The van der Waals surface area contributed by atoms with E-state index in [1.807, 2.05) is 20.8 Å². The molecule has 2 aromatic rings. The topological polar surface area (TPSA) is 79.5 Å². The maximum absolute atomic E-state index is 12.2. The average Bonchev–Trinajstić information content (AvgIpc) is 2.57. The summed E-state index contributed by atoms with van der Waals surface area (Å²) in [6.07, 6.45) is 0. The van der Waals surface area contributed by atoms with Crippen LogP contribution in [0.1, 0.15) is 31.1 Å². The van der Waals surface area contributed by atoms with Gasteiger partial charge in [-0.3, -0.25) is 4.79 Å². The number of amides is 3. The third-order valence-corrected chi connectivity index (χ3v) is 3.25. The van der Waals surface area contributed by atoms with E-state index >= 15 is 0 Å². The number of anilines is 2. The highest BCUT2D eigenvalue weighted by Crippen LogP contribution is 2.16. The van der Waals surface area contributed by atoms with Gasteiger partial charge in [-0.25, -0.2) is 4.79 Å². The van der Waals surface area contributed by atoms with E-state index in [0.717, 1.165) is 5.75 Å². The van der Waals surface area contributed by atoms with E-state index in [0.29, 0.717) is 23.5 Å². The van der Waals surface area contributed by atoms with Crippen LogP contribution >= 0.6 is 0 Å². The highest BCUT2D eigenvalue weighted by Gasteiger charge is 2.07. The molecule has 0 saturated heterocycles. The second-order valence-corrected chi connectivity index (χ2v) is 5.74. The average molecular weight is 341 g/mol. The van der Waals surface area contributed by atoms with Crippen LogP contribution in [0, 0.1) is 0 Å². The summed E-state index contributed by atoms with van der Waals surface area (Å²) in [4.78, 5) is 23.9. The van der Waals surface area contributed by atoms with Crippen molar-refractivity contribution in [2.24, 2.45) is 0 Å². The van der Waals surface area contributed by atoms with Crippen molar-refractivity contribution in [1.29, 1.82) is 0 Å². The lowest BCUT2D eigenvalue weighted by Gasteiger charge is -2.11. The third kappa shape index (κ3) is 5.84. The summed E-state index contributed by atoms with van der Waals surface area (Å²) in [5, 5.41) is 8.28. The zero-order chi connectivity index (χ0) is 18.2. The van der Waals surface area contributed by atoms with Crippen molar-refractivity contribution in [1.82, 2.24) is 5.32 Å². The minimum Gasteiger partial charge on any atom is -0.494 e. The van der Waals surface area contributed by atoms with Crippen molar-refractivity contribution in [2.75, 3.05) is 17.2 Å². The van der Waals surface area contributed by atoms with Crippen molar-refractivity contribution >= 4 is 23.3 Å². The quantitative estimate of drug-likeness (QED) is 0.746. The third-order valence-electron chi connectivity index (χ3n) is 3.25. The SMILES string of the molecule is CCOc1ccc(C(=O)Nc2ccc(NC(=O)NC(C)C)cc2)cc1. The number of benzene rings is 2. The van der Waals surface area contributed by atoms with Crippen molar-refractivity contribution in [3.05, 3.63) is 54.1 Å². The Kier molecular flexibility index (Phi) is 6.39. The number of carbonyl (C=O) groups is 2. The molecule has 0 atom stereocenters. The molecule has 3 amide bonds. The number of nitrogens with one attached hydrogen (secondary N) is 3. The Labute approximate surface area is 147 Å².